The van der Waals surface area contributed by atoms with Crippen molar-refractivity contribution in [3.05, 3.63) is 35.9 Å². The van der Waals surface area contributed by atoms with Gasteiger partial charge in [-0.25, -0.2) is 0 Å². The predicted molar refractivity (Wildman–Crippen MR) is 122 cm³/mol. The van der Waals surface area contributed by atoms with Gasteiger partial charge in [0.15, 0.2) is 0 Å². The molecular weight excluding hydrogens is 377 g/mol. The molecule has 0 amide bonds. The predicted octanol–water partition coefficient (Wildman–Crippen LogP) is 7.86. The summed E-state index contributed by atoms with van der Waals surface area (Å²) in [6, 6.07) is 11.1. The van der Waals surface area contributed by atoms with Gasteiger partial charge >= 0.3 is 140 Å². The first kappa shape index (κ1) is 26.3. The van der Waals surface area contributed by atoms with Crippen LogP contribution in [0.5, 0.6) is 0 Å². The van der Waals surface area contributed by atoms with E-state index in [1.165, 1.54) is 76.5 Å². The normalized spacial score (nSPS) is 11.5. The van der Waals surface area contributed by atoms with Crippen LogP contribution in [0.2, 0.25) is 0 Å². The standard InChI is InChI=1S/C21H39P.BrH.H3N/c1-4-5-6-7-8-9-10-11-12-16-19-22(2,3)20-21-17-14-13-15-18-21;;/h13-15,17-18,22H,4-12,16,19-20H2,1-3H3;1H;1H3. The number of halogens is 1. The Morgan fingerprint density at radius 1 is 0.708 bits per heavy atom. The molecule has 24 heavy (non-hydrogen) atoms. The molecule has 0 spiro atoms. The Morgan fingerprint density at radius 2 is 1.17 bits per heavy atom. The zero-order valence-electron chi connectivity index (χ0n) is 16.5. The van der Waals surface area contributed by atoms with Crippen molar-refractivity contribution >= 4 is 24.2 Å². The van der Waals surface area contributed by atoms with Crippen molar-refractivity contribution in [3.8, 4) is 0 Å². The van der Waals surface area contributed by atoms with Crippen LogP contribution in [0.1, 0.15) is 76.7 Å². The summed E-state index contributed by atoms with van der Waals surface area (Å²) in [5.41, 5.74) is 1.55. The molecule has 0 unspecified atom stereocenters. The number of hydrogen-bond donors (Lipinski definition) is 1. The fourth-order valence-electron chi connectivity index (χ4n) is 3.33. The van der Waals surface area contributed by atoms with E-state index in [0.717, 1.165) is 0 Å². The first-order valence-corrected chi connectivity index (χ1v) is 13.1. The van der Waals surface area contributed by atoms with Crippen molar-refractivity contribution < 1.29 is 0 Å². The molecule has 144 valence electrons. The molecule has 3 heteroatoms. The summed E-state index contributed by atoms with van der Waals surface area (Å²) in [6.45, 7) is 7.42. The van der Waals surface area contributed by atoms with Crippen molar-refractivity contribution in [2.45, 2.75) is 77.3 Å². The molecule has 0 heterocycles. The Bertz CT molecular complexity index is 367. The topological polar surface area (TPSA) is 35.0 Å². The molecule has 1 rings (SSSR count). The molecule has 1 aromatic rings. The fraction of sp³-hybridized carbons (Fsp3) is 0.714. The van der Waals surface area contributed by atoms with Crippen LogP contribution in [-0.2, 0) is 6.16 Å². The third-order valence-electron chi connectivity index (χ3n) is 4.73. The second kappa shape index (κ2) is 16.6. The van der Waals surface area contributed by atoms with E-state index in [9.17, 15) is 0 Å². The van der Waals surface area contributed by atoms with Crippen molar-refractivity contribution in [3.63, 3.8) is 0 Å². The fourth-order valence-corrected chi connectivity index (χ4v) is 6.05. The first-order valence-electron chi connectivity index (χ1n) is 9.68. The second-order valence-electron chi connectivity index (χ2n) is 7.76. The SMILES string of the molecule is Br.CCCCCCCCCCCC[PH](C)(C)Cc1ccccc1.N. The molecule has 1 nitrogen and oxygen atoms in total. The molecule has 0 radical (unpaired) electrons. The average molecular weight is 420 g/mol. The zero-order valence-corrected chi connectivity index (χ0v) is 19.2. The van der Waals surface area contributed by atoms with E-state index in [0.29, 0.717) is 0 Å². The molecule has 0 aromatic heterocycles. The van der Waals surface area contributed by atoms with Crippen LogP contribution in [0, 0.1) is 0 Å². The molecule has 0 saturated heterocycles. The summed E-state index contributed by atoms with van der Waals surface area (Å²) in [6.07, 6.45) is 17.3. The number of benzene rings is 1. The summed E-state index contributed by atoms with van der Waals surface area (Å²) < 4.78 is 0. The Balaban J connectivity index is 0. The third-order valence-corrected chi connectivity index (χ3v) is 7.81. The molecule has 0 saturated carbocycles. The minimum atomic E-state index is -1.03. The van der Waals surface area contributed by atoms with Gasteiger partial charge in [-0.1, -0.05) is 0 Å². The van der Waals surface area contributed by atoms with Crippen molar-refractivity contribution in [2.75, 3.05) is 19.5 Å². The molecule has 0 aliphatic rings. The van der Waals surface area contributed by atoms with E-state index in [2.05, 4.69) is 50.6 Å². The first-order chi connectivity index (χ1) is 10.6. The van der Waals surface area contributed by atoms with Gasteiger partial charge in [0.25, 0.3) is 0 Å². The van der Waals surface area contributed by atoms with Gasteiger partial charge in [0.05, 0.1) is 0 Å². The third kappa shape index (κ3) is 14.4. The quantitative estimate of drug-likeness (QED) is 0.256. The zero-order chi connectivity index (χ0) is 16.1. The maximum Gasteiger partial charge on any atom is -0.344 e. The van der Waals surface area contributed by atoms with Gasteiger partial charge in [-0.3, -0.25) is 0 Å². The van der Waals surface area contributed by atoms with Gasteiger partial charge in [0.1, 0.15) is 0 Å². The van der Waals surface area contributed by atoms with E-state index >= 15 is 0 Å². The molecule has 0 aliphatic carbocycles. The van der Waals surface area contributed by atoms with Gasteiger partial charge in [0, 0.05) is 0 Å². The monoisotopic (exact) mass is 419 g/mol. The van der Waals surface area contributed by atoms with Crippen LogP contribution >= 0.6 is 24.2 Å². The van der Waals surface area contributed by atoms with Gasteiger partial charge in [0.2, 0.25) is 0 Å². The van der Waals surface area contributed by atoms with Gasteiger partial charge in [-0.05, 0) is 0 Å². The molecule has 0 atom stereocenters. The number of rotatable bonds is 13. The van der Waals surface area contributed by atoms with E-state index in [4.69, 9.17) is 0 Å². The molecule has 3 N–H and O–H groups in total. The van der Waals surface area contributed by atoms with Gasteiger partial charge in [-0.2, -0.15) is 0 Å². The van der Waals surface area contributed by atoms with Crippen LogP contribution < -0.4 is 6.15 Å². The molecule has 0 bridgehead atoms. The van der Waals surface area contributed by atoms with Crippen LogP contribution in [-0.4, -0.2) is 19.5 Å². The van der Waals surface area contributed by atoms with Crippen molar-refractivity contribution in [2.24, 2.45) is 0 Å². The summed E-state index contributed by atoms with van der Waals surface area (Å²) in [5.74, 6) is 0. The van der Waals surface area contributed by atoms with Crippen LogP contribution in [0.25, 0.3) is 0 Å². The summed E-state index contributed by atoms with van der Waals surface area (Å²) in [4.78, 5) is 0. The van der Waals surface area contributed by atoms with Crippen LogP contribution in [0.3, 0.4) is 0 Å². The Labute approximate surface area is 163 Å². The molecule has 0 aliphatic heterocycles. The van der Waals surface area contributed by atoms with Crippen molar-refractivity contribution in [1.29, 1.82) is 0 Å². The maximum atomic E-state index is 2.56. The summed E-state index contributed by atoms with van der Waals surface area (Å²) >= 11 is 0. The maximum absolute atomic E-state index is 2.56. The van der Waals surface area contributed by atoms with E-state index in [1.54, 1.807) is 5.56 Å². The molecule has 1 aromatic carbocycles. The minimum absolute atomic E-state index is 0. The van der Waals surface area contributed by atoms with E-state index in [1.807, 2.05) is 0 Å². The van der Waals surface area contributed by atoms with Crippen LogP contribution in [0.15, 0.2) is 30.3 Å². The van der Waals surface area contributed by atoms with Crippen molar-refractivity contribution in [1.82, 2.24) is 6.15 Å². The molecular formula is C21H43BrNP. The van der Waals surface area contributed by atoms with Gasteiger partial charge < -0.3 is 6.15 Å². The largest absolute Gasteiger partial charge is 0.344 e. The smallest absolute Gasteiger partial charge is 0.344 e. The summed E-state index contributed by atoms with van der Waals surface area (Å²) in [7, 11) is -1.03. The average Bonchev–Trinajstić information content (AvgIpc) is 2.49. The van der Waals surface area contributed by atoms with E-state index in [-0.39, 0.29) is 23.1 Å². The number of hydrogen-bond acceptors (Lipinski definition) is 1. The second-order valence-corrected chi connectivity index (χ2v) is 12.9. The van der Waals surface area contributed by atoms with Crippen LogP contribution in [0.4, 0.5) is 0 Å². The molecule has 0 fully saturated rings. The van der Waals surface area contributed by atoms with Gasteiger partial charge in [-0.15, -0.1) is 17.0 Å². The van der Waals surface area contributed by atoms with E-state index < -0.39 is 7.26 Å². The Morgan fingerprint density at radius 3 is 1.67 bits per heavy atom. The summed E-state index contributed by atoms with van der Waals surface area (Å²) in [5, 5.41) is 0. The minimum Gasteiger partial charge on any atom is -0.344 e. The number of unbranched alkanes of at least 4 members (excludes halogenated alkanes) is 9. The Hall–Kier alpha value is 0.0900. The Kier molecular flexibility index (Phi) is 18.2.